The maximum Gasteiger partial charge on any atom is 0.272 e. The Bertz CT molecular complexity index is 1610. The molecule has 1 saturated heterocycles. The van der Waals surface area contributed by atoms with Gasteiger partial charge in [0.2, 0.25) is 0 Å². The van der Waals surface area contributed by atoms with Crippen molar-refractivity contribution < 1.29 is 17.9 Å². The molecule has 0 amide bonds. The molecule has 37 heavy (non-hydrogen) atoms. The number of nitrogens with one attached hydrogen (secondary N) is 3. The molecule has 0 bridgehead atoms. The third-order valence-electron chi connectivity index (χ3n) is 6.15. The molecule has 0 unspecified atom stereocenters. The molecule has 2 aromatic carbocycles. The fourth-order valence-electron chi connectivity index (χ4n) is 4.20. The molecule has 1 fully saturated rings. The van der Waals surface area contributed by atoms with E-state index in [-0.39, 0.29) is 34.0 Å². The lowest BCUT2D eigenvalue weighted by Crippen LogP contribution is -2.51. The first-order valence-corrected chi connectivity index (χ1v) is 14.2. The molecule has 3 N–H and O–H groups in total. The average Bonchev–Trinajstić information content (AvgIpc) is 3.42. The Labute approximate surface area is 223 Å². The van der Waals surface area contributed by atoms with Gasteiger partial charge in [-0.05, 0) is 48.4 Å². The quantitative estimate of drug-likeness (QED) is 0.252. The lowest BCUT2D eigenvalue weighted by molar-refractivity contribution is -0.116. The van der Waals surface area contributed by atoms with E-state index >= 15 is 0 Å². The topological polar surface area (TPSA) is 126 Å². The van der Waals surface area contributed by atoms with Crippen LogP contribution in [0.4, 0.5) is 5.82 Å². The van der Waals surface area contributed by atoms with Gasteiger partial charge in [-0.1, -0.05) is 41.9 Å². The van der Waals surface area contributed by atoms with Gasteiger partial charge in [0.25, 0.3) is 10.0 Å². The summed E-state index contributed by atoms with van der Waals surface area (Å²) in [5.74, 6) is 0.468. The minimum Gasteiger partial charge on any atom is -0.496 e. The second kappa shape index (κ2) is 10.3. The predicted molar refractivity (Wildman–Crippen MR) is 145 cm³/mol. The number of aromatic nitrogens is 2. The SMILES string of the molecule is COc1cccc2c1c(NS(=O)(=O)c1ccc(Cl)s1)nn2Cc1cccc(CC(=N)C(=O)[C@@H]2CCN2)c1. The third kappa shape index (κ3) is 5.26. The Morgan fingerprint density at radius 3 is 2.68 bits per heavy atom. The molecule has 0 saturated carbocycles. The number of ether oxygens (including phenoxy) is 1. The minimum absolute atomic E-state index is 0.0778. The van der Waals surface area contributed by atoms with Crippen LogP contribution in [0.1, 0.15) is 17.5 Å². The highest BCUT2D eigenvalue weighted by molar-refractivity contribution is 7.94. The molecule has 5 rings (SSSR count). The van der Waals surface area contributed by atoms with Crippen molar-refractivity contribution in [1.29, 1.82) is 5.41 Å². The zero-order valence-electron chi connectivity index (χ0n) is 19.8. The number of nitrogens with zero attached hydrogens (tertiary/aromatic N) is 2. The second-order valence-corrected chi connectivity index (χ2v) is 12.3. The van der Waals surface area contributed by atoms with E-state index in [2.05, 4.69) is 15.1 Å². The molecule has 4 aromatic rings. The number of ketones is 1. The number of halogens is 1. The highest BCUT2D eigenvalue weighted by atomic mass is 35.5. The maximum absolute atomic E-state index is 13.0. The number of Topliss-reactive ketones (excluding diaryl/α,β-unsaturated/α-hetero) is 1. The summed E-state index contributed by atoms with van der Waals surface area (Å²) in [5.41, 5.74) is 2.51. The van der Waals surface area contributed by atoms with Crippen LogP contribution in [0.3, 0.4) is 0 Å². The van der Waals surface area contributed by atoms with Gasteiger partial charge < -0.3 is 15.5 Å². The number of sulfonamides is 1. The van der Waals surface area contributed by atoms with Gasteiger partial charge in [-0.2, -0.15) is 5.10 Å². The summed E-state index contributed by atoms with van der Waals surface area (Å²) < 4.78 is 36.2. The molecule has 1 atom stereocenters. The highest BCUT2D eigenvalue weighted by Gasteiger charge is 2.27. The summed E-state index contributed by atoms with van der Waals surface area (Å²) in [7, 11) is -2.39. The monoisotopic (exact) mass is 557 g/mol. The fourth-order valence-corrected chi connectivity index (χ4v) is 6.70. The number of rotatable bonds is 10. The van der Waals surface area contributed by atoms with Crippen LogP contribution < -0.4 is 14.8 Å². The maximum atomic E-state index is 13.0. The van der Waals surface area contributed by atoms with Crippen molar-refractivity contribution in [3.63, 3.8) is 0 Å². The third-order valence-corrected chi connectivity index (χ3v) is 9.21. The van der Waals surface area contributed by atoms with Crippen LogP contribution in [0.25, 0.3) is 10.9 Å². The van der Waals surface area contributed by atoms with E-state index in [1.165, 1.54) is 19.2 Å². The van der Waals surface area contributed by atoms with Gasteiger partial charge in [0.05, 0.1) is 40.6 Å². The summed E-state index contributed by atoms with van der Waals surface area (Å²) in [6, 6.07) is 15.7. The summed E-state index contributed by atoms with van der Waals surface area (Å²) in [4.78, 5) is 12.4. The average molecular weight is 558 g/mol. The van der Waals surface area contributed by atoms with Gasteiger partial charge in [-0.25, -0.2) is 8.42 Å². The molecule has 1 aliphatic heterocycles. The largest absolute Gasteiger partial charge is 0.496 e. The van der Waals surface area contributed by atoms with E-state index in [4.69, 9.17) is 21.7 Å². The van der Waals surface area contributed by atoms with Gasteiger partial charge in [0.1, 0.15) is 9.96 Å². The van der Waals surface area contributed by atoms with Crippen LogP contribution >= 0.6 is 22.9 Å². The van der Waals surface area contributed by atoms with E-state index in [0.29, 0.717) is 27.5 Å². The lowest BCUT2D eigenvalue weighted by atomic mass is 9.95. The van der Waals surface area contributed by atoms with E-state index in [9.17, 15) is 13.2 Å². The number of carbonyl (C=O) groups is 1. The van der Waals surface area contributed by atoms with E-state index < -0.39 is 10.0 Å². The summed E-state index contributed by atoms with van der Waals surface area (Å²) in [6.07, 6.45) is 1.01. The van der Waals surface area contributed by atoms with Crippen molar-refractivity contribution in [2.75, 3.05) is 18.4 Å². The predicted octanol–water partition coefficient (Wildman–Crippen LogP) is 4.10. The number of hydrogen-bond acceptors (Lipinski definition) is 8. The first-order valence-electron chi connectivity index (χ1n) is 11.5. The summed E-state index contributed by atoms with van der Waals surface area (Å²) in [5, 5.41) is 16.4. The Kier molecular flexibility index (Phi) is 7.04. The molecular weight excluding hydrogens is 534 g/mol. The summed E-state index contributed by atoms with van der Waals surface area (Å²) >= 11 is 6.90. The molecule has 1 aliphatic rings. The Morgan fingerprint density at radius 1 is 1.24 bits per heavy atom. The molecule has 0 spiro atoms. The van der Waals surface area contributed by atoms with E-state index in [1.807, 2.05) is 36.4 Å². The zero-order chi connectivity index (χ0) is 26.2. The number of anilines is 1. The first-order chi connectivity index (χ1) is 17.7. The molecule has 0 radical (unpaired) electrons. The molecule has 0 aliphatic carbocycles. The van der Waals surface area contributed by atoms with Crippen LogP contribution in [0, 0.1) is 5.41 Å². The van der Waals surface area contributed by atoms with Gasteiger partial charge in [0.15, 0.2) is 11.6 Å². The Hall–Kier alpha value is -3.25. The number of methoxy groups -OCH3 is 1. The molecule has 12 heteroatoms. The number of carbonyl (C=O) groups excluding carboxylic acids is 1. The van der Waals surface area contributed by atoms with Crippen LogP contribution in [0.15, 0.2) is 58.8 Å². The smallest absolute Gasteiger partial charge is 0.272 e. The normalized spacial score (nSPS) is 15.4. The number of thiophene rings is 1. The molecule has 2 aromatic heterocycles. The standard InChI is InChI=1S/C25H24ClN5O4S2/c1-35-20-7-3-6-19-23(20)25(30-37(33,34)22-9-8-21(26)36-22)29-31(19)14-16-5-2-4-15(12-16)13-17(27)24(32)18-10-11-28-18/h2-9,12,18,27-28H,10-11,13-14H2,1H3,(H,29,30)/t18-/m0/s1. The van der Waals surface area contributed by atoms with E-state index in [1.54, 1.807) is 10.7 Å². The Balaban J connectivity index is 1.44. The van der Waals surface area contributed by atoms with Crippen molar-refractivity contribution in [3.8, 4) is 5.75 Å². The van der Waals surface area contributed by atoms with Crippen molar-refractivity contribution >= 4 is 61.2 Å². The van der Waals surface area contributed by atoms with Crippen LogP contribution in [0.5, 0.6) is 5.75 Å². The van der Waals surface area contributed by atoms with Gasteiger partial charge in [-0.15, -0.1) is 11.3 Å². The zero-order valence-corrected chi connectivity index (χ0v) is 22.2. The first kappa shape index (κ1) is 25.4. The number of hydrogen-bond donors (Lipinski definition) is 3. The van der Waals surface area contributed by atoms with Gasteiger partial charge >= 0.3 is 0 Å². The van der Waals surface area contributed by atoms with Crippen LogP contribution in [-0.4, -0.2) is 49.4 Å². The molecule has 3 heterocycles. The number of fused-ring (bicyclic) bond motifs is 1. The van der Waals surface area contributed by atoms with Gasteiger partial charge in [-0.3, -0.25) is 14.2 Å². The van der Waals surface area contributed by atoms with Gasteiger partial charge in [0, 0.05) is 6.42 Å². The molecule has 192 valence electrons. The van der Waals surface area contributed by atoms with Crippen LogP contribution in [-0.2, 0) is 27.8 Å². The molecular formula is C25H24ClN5O4S2. The summed E-state index contributed by atoms with van der Waals surface area (Å²) in [6.45, 7) is 1.15. The van der Waals surface area contributed by atoms with Crippen LogP contribution in [0.2, 0.25) is 4.34 Å². The highest BCUT2D eigenvalue weighted by Crippen LogP contribution is 2.35. The van der Waals surface area contributed by atoms with Crippen molar-refractivity contribution in [3.05, 3.63) is 70.1 Å². The van der Waals surface area contributed by atoms with Crippen molar-refractivity contribution in [2.24, 2.45) is 0 Å². The minimum atomic E-state index is -3.91. The molecule has 9 nitrogen and oxygen atoms in total. The van der Waals surface area contributed by atoms with Crippen molar-refractivity contribution in [1.82, 2.24) is 15.1 Å². The second-order valence-electron chi connectivity index (χ2n) is 8.66. The number of benzene rings is 2. The fraction of sp³-hybridized carbons (Fsp3) is 0.240. The Morgan fingerprint density at radius 2 is 2.00 bits per heavy atom. The lowest BCUT2D eigenvalue weighted by Gasteiger charge is -2.26. The van der Waals surface area contributed by atoms with Crippen molar-refractivity contribution in [2.45, 2.75) is 29.6 Å². The van der Waals surface area contributed by atoms with E-state index in [0.717, 1.165) is 35.4 Å².